The Bertz CT molecular complexity index is 362. The van der Waals surface area contributed by atoms with Crippen molar-refractivity contribution in [1.29, 1.82) is 0 Å². The van der Waals surface area contributed by atoms with Crippen LogP contribution in [0.1, 0.15) is 51.9 Å². The molecule has 0 aromatic rings. The van der Waals surface area contributed by atoms with E-state index in [1.807, 2.05) is 0 Å². The summed E-state index contributed by atoms with van der Waals surface area (Å²) in [6.07, 6.45) is 6.33. The first-order chi connectivity index (χ1) is 13.7. The fourth-order valence-corrected chi connectivity index (χ4v) is 2.18. The van der Waals surface area contributed by atoms with Crippen LogP contribution >= 0.6 is 0 Å². The maximum atomic E-state index is 11.5. The molecule has 0 rings (SSSR count). The van der Waals surface area contributed by atoms with Gasteiger partial charge in [-0.3, -0.25) is 9.59 Å². The fourth-order valence-electron chi connectivity index (χ4n) is 2.18. The van der Waals surface area contributed by atoms with Gasteiger partial charge in [0.1, 0.15) is 6.61 Å². The highest BCUT2D eigenvalue weighted by molar-refractivity contribution is 5.69. The van der Waals surface area contributed by atoms with Crippen LogP contribution < -0.4 is 0 Å². The van der Waals surface area contributed by atoms with E-state index in [1.165, 1.54) is 26.4 Å². The topological polar surface area (TPSA) is 89.5 Å². The number of carbonyl (C=O) groups is 2. The lowest BCUT2D eigenvalue weighted by Crippen LogP contribution is -2.14. The van der Waals surface area contributed by atoms with Crippen LogP contribution in [0.5, 0.6) is 0 Å². The normalized spacial score (nSPS) is 10.8. The number of unbranched alkanes of at least 4 members (excludes halogenated alkanes) is 4. The Morgan fingerprint density at radius 3 is 1.61 bits per heavy atom. The highest BCUT2D eigenvalue weighted by atomic mass is 16.6. The molecule has 8 heteroatoms. The van der Waals surface area contributed by atoms with Gasteiger partial charge < -0.3 is 28.4 Å². The number of ether oxygens (including phenoxy) is 6. The van der Waals surface area contributed by atoms with Gasteiger partial charge in [0.15, 0.2) is 0 Å². The van der Waals surface area contributed by atoms with Crippen molar-refractivity contribution in [3.63, 3.8) is 0 Å². The van der Waals surface area contributed by atoms with Crippen LogP contribution in [0.2, 0.25) is 0 Å². The fraction of sp³-hybridized carbons (Fsp3) is 0.900. The Kier molecular flexibility index (Phi) is 21.1. The van der Waals surface area contributed by atoms with Gasteiger partial charge in [-0.25, -0.2) is 0 Å². The second-order valence-corrected chi connectivity index (χ2v) is 6.16. The summed E-state index contributed by atoms with van der Waals surface area (Å²) in [4.78, 5) is 22.3. The van der Waals surface area contributed by atoms with E-state index in [9.17, 15) is 9.59 Å². The monoisotopic (exact) mass is 406 g/mol. The van der Waals surface area contributed by atoms with Crippen LogP contribution in [-0.2, 0) is 38.0 Å². The molecule has 0 saturated heterocycles. The van der Waals surface area contributed by atoms with E-state index < -0.39 is 0 Å². The minimum Gasteiger partial charge on any atom is -0.469 e. The Morgan fingerprint density at radius 1 is 0.571 bits per heavy atom. The molecule has 0 aliphatic carbocycles. The van der Waals surface area contributed by atoms with Gasteiger partial charge in [0, 0.05) is 6.42 Å². The lowest BCUT2D eigenvalue weighted by atomic mass is 10.1. The van der Waals surface area contributed by atoms with Crippen molar-refractivity contribution < 1.29 is 38.0 Å². The highest BCUT2D eigenvalue weighted by Crippen LogP contribution is 2.05. The zero-order valence-corrected chi connectivity index (χ0v) is 17.6. The number of methoxy groups -OCH3 is 1. The van der Waals surface area contributed by atoms with E-state index >= 15 is 0 Å². The molecule has 0 fully saturated rings. The zero-order valence-electron chi connectivity index (χ0n) is 17.6. The first-order valence-electron chi connectivity index (χ1n) is 10.2. The first kappa shape index (κ1) is 26.8. The predicted molar refractivity (Wildman–Crippen MR) is 104 cm³/mol. The van der Waals surface area contributed by atoms with Crippen LogP contribution in [-0.4, -0.2) is 78.5 Å². The van der Waals surface area contributed by atoms with Crippen LogP contribution in [0.4, 0.5) is 0 Å². The maximum absolute atomic E-state index is 11.5. The molecule has 8 nitrogen and oxygen atoms in total. The van der Waals surface area contributed by atoms with Crippen LogP contribution in [0.25, 0.3) is 0 Å². The number of hydrogen-bond donors (Lipinski definition) is 0. The third-order valence-electron chi connectivity index (χ3n) is 3.77. The van der Waals surface area contributed by atoms with Crippen molar-refractivity contribution in [3.05, 3.63) is 0 Å². The van der Waals surface area contributed by atoms with Crippen molar-refractivity contribution in [1.82, 2.24) is 0 Å². The largest absolute Gasteiger partial charge is 0.469 e. The smallest absolute Gasteiger partial charge is 0.307 e. The van der Waals surface area contributed by atoms with Crippen molar-refractivity contribution in [2.24, 2.45) is 0 Å². The molecular formula is C20H38O8. The molecule has 0 radical (unpaired) electrons. The lowest BCUT2D eigenvalue weighted by molar-refractivity contribution is -0.145. The van der Waals surface area contributed by atoms with Crippen molar-refractivity contribution in [2.75, 3.05) is 66.6 Å². The third-order valence-corrected chi connectivity index (χ3v) is 3.77. The Hall–Kier alpha value is -1.22. The second-order valence-electron chi connectivity index (χ2n) is 6.16. The highest BCUT2D eigenvalue weighted by Gasteiger charge is 2.02. The number of esters is 2. The molecule has 0 spiro atoms. The molecule has 0 heterocycles. The molecule has 0 aliphatic heterocycles. The summed E-state index contributed by atoms with van der Waals surface area (Å²) in [5.41, 5.74) is 0. The van der Waals surface area contributed by atoms with Gasteiger partial charge in [0.05, 0.1) is 66.4 Å². The summed E-state index contributed by atoms with van der Waals surface area (Å²) in [5.74, 6) is -0.435. The minimum absolute atomic E-state index is 0.150. The van der Waals surface area contributed by atoms with Crippen molar-refractivity contribution in [2.45, 2.75) is 51.9 Å². The SMILES string of the molecule is CCCCCCCC(=O)OCCOCCOCCOCCOCCC(=O)OC. The quantitative estimate of drug-likeness (QED) is 0.212. The number of rotatable bonds is 21. The molecule has 0 aromatic heterocycles. The van der Waals surface area contributed by atoms with Crippen LogP contribution in [0.3, 0.4) is 0 Å². The zero-order chi connectivity index (χ0) is 20.7. The molecule has 0 saturated carbocycles. The minimum atomic E-state index is -0.285. The van der Waals surface area contributed by atoms with Gasteiger partial charge in [0.2, 0.25) is 0 Å². The van der Waals surface area contributed by atoms with E-state index in [2.05, 4.69) is 11.7 Å². The maximum Gasteiger partial charge on any atom is 0.307 e. The molecular weight excluding hydrogens is 368 g/mol. The standard InChI is InChI=1S/C20H38O8/c1-3-4-5-6-7-8-20(22)28-18-17-27-16-15-26-14-13-25-12-11-24-10-9-19(21)23-2/h3-18H2,1-2H3. The van der Waals surface area contributed by atoms with E-state index in [0.717, 1.165) is 12.8 Å². The third kappa shape index (κ3) is 21.1. The predicted octanol–water partition coefficient (Wildman–Crippen LogP) is 2.52. The van der Waals surface area contributed by atoms with E-state index in [0.29, 0.717) is 59.3 Å². The average molecular weight is 407 g/mol. The average Bonchev–Trinajstić information content (AvgIpc) is 2.70. The van der Waals surface area contributed by atoms with E-state index in [-0.39, 0.29) is 25.0 Å². The molecule has 0 unspecified atom stereocenters. The summed E-state index contributed by atoms with van der Waals surface area (Å²) < 4.78 is 30.9. The summed E-state index contributed by atoms with van der Waals surface area (Å²) in [6, 6.07) is 0. The van der Waals surface area contributed by atoms with Crippen molar-refractivity contribution >= 4 is 11.9 Å². The lowest BCUT2D eigenvalue weighted by Gasteiger charge is -2.08. The van der Waals surface area contributed by atoms with Crippen LogP contribution in [0.15, 0.2) is 0 Å². The molecule has 28 heavy (non-hydrogen) atoms. The molecule has 0 atom stereocenters. The molecule has 0 aliphatic rings. The second kappa shape index (κ2) is 22.1. The van der Waals surface area contributed by atoms with Crippen molar-refractivity contribution in [3.8, 4) is 0 Å². The van der Waals surface area contributed by atoms with Gasteiger partial charge in [-0.05, 0) is 6.42 Å². The van der Waals surface area contributed by atoms with E-state index in [1.54, 1.807) is 0 Å². The summed E-state index contributed by atoms with van der Waals surface area (Å²) in [7, 11) is 1.35. The number of hydrogen-bond acceptors (Lipinski definition) is 8. The van der Waals surface area contributed by atoms with Gasteiger partial charge in [-0.2, -0.15) is 0 Å². The molecule has 166 valence electrons. The Morgan fingerprint density at radius 2 is 1.07 bits per heavy atom. The van der Waals surface area contributed by atoms with Gasteiger partial charge in [0.25, 0.3) is 0 Å². The van der Waals surface area contributed by atoms with Gasteiger partial charge in [-0.1, -0.05) is 32.6 Å². The van der Waals surface area contributed by atoms with Gasteiger partial charge in [-0.15, -0.1) is 0 Å². The summed E-state index contributed by atoms with van der Waals surface area (Å²) in [5, 5.41) is 0. The van der Waals surface area contributed by atoms with Crippen LogP contribution in [0, 0.1) is 0 Å². The summed E-state index contributed by atoms with van der Waals surface area (Å²) >= 11 is 0. The van der Waals surface area contributed by atoms with Gasteiger partial charge >= 0.3 is 11.9 Å². The Labute approximate surface area is 169 Å². The van der Waals surface area contributed by atoms with E-state index in [4.69, 9.17) is 23.7 Å². The molecule has 0 aromatic carbocycles. The summed E-state index contributed by atoms with van der Waals surface area (Å²) in [6.45, 7) is 5.89. The molecule has 0 amide bonds. The molecule has 0 bridgehead atoms. The number of carbonyl (C=O) groups excluding carboxylic acids is 2. The first-order valence-corrected chi connectivity index (χ1v) is 10.2. The Balaban J connectivity index is 3.13. The molecule has 0 N–H and O–H groups in total.